The van der Waals surface area contributed by atoms with Crippen LogP contribution in [-0.2, 0) is 9.47 Å². The van der Waals surface area contributed by atoms with Gasteiger partial charge in [0, 0.05) is 19.0 Å². The minimum Gasteiger partial charge on any atom is -0.348 e. The summed E-state index contributed by atoms with van der Waals surface area (Å²) in [6.07, 6.45) is 0.325. The molecule has 2 aliphatic heterocycles. The van der Waals surface area contributed by atoms with E-state index in [9.17, 15) is 0 Å². The normalized spacial score (nSPS) is 37.1. The van der Waals surface area contributed by atoms with Gasteiger partial charge in [0.1, 0.15) is 0 Å². The molecular formula is C8H15NO2. The van der Waals surface area contributed by atoms with E-state index in [1.165, 1.54) is 0 Å². The van der Waals surface area contributed by atoms with Gasteiger partial charge in [-0.2, -0.15) is 0 Å². The average molecular weight is 157 g/mol. The van der Waals surface area contributed by atoms with Gasteiger partial charge in [-0.25, -0.2) is 0 Å². The predicted octanol–water partition coefficient (Wildman–Crippen LogP) is 0.357. The van der Waals surface area contributed by atoms with Crippen molar-refractivity contribution in [3.05, 3.63) is 0 Å². The smallest absolute Gasteiger partial charge is 0.163 e. The molecule has 2 rings (SSSR count). The van der Waals surface area contributed by atoms with E-state index in [-0.39, 0.29) is 5.79 Å². The third-order valence-corrected chi connectivity index (χ3v) is 2.37. The van der Waals surface area contributed by atoms with Crippen LogP contribution >= 0.6 is 0 Å². The van der Waals surface area contributed by atoms with E-state index in [2.05, 4.69) is 5.32 Å². The molecule has 3 heteroatoms. The maximum Gasteiger partial charge on any atom is 0.163 e. The first-order chi connectivity index (χ1) is 5.17. The first-order valence-corrected chi connectivity index (χ1v) is 4.20. The number of ether oxygens (including phenoxy) is 2. The summed E-state index contributed by atoms with van der Waals surface area (Å²) in [5.41, 5.74) is 0. The van der Waals surface area contributed by atoms with Gasteiger partial charge in [0.25, 0.3) is 0 Å². The highest BCUT2D eigenvalue weighted by molar-refractivity contribution is 4.86. The number of nitrogens with one attached hydrogen (secondary N) is 1. The lowest BCUT2D eigenvalue weighted by atomic mass is 9.97. The SMILES string of the molecule is CC1(C)OC[C@H](C2CNC2)O1. The molecule has 0 aliphatic carbocycles. The number of hydrogen-bond acceptors (Lipinski definition) is 3. The quantitative estimate of drug-likeness (QED) is 0.596. The van der Waals surface area contributed by atoms with Gasteiger partial charge < -0.3 is 14.8 Å². The Kier molecular flexibility index (Phi) is 1.67. The first kappa shape index (κ1) is 7.53. The van der Waals surface area contributed by atoms with E-state index in [1.807, 2.05) is 13.8 Å². The predicted molar refractivity (Wildman–Crippen MR) is 41.3 cm³/mol. The minimum absolute atomic E-state index is 0.325. The van der Waals surface area contributed by atoms with Gasteiger partial charge in [-0.3, -0.25) is 0 Å². The van der Waals surface area contributed by atoms with Gasteiger partial charge in [0.15, 0.2) is 5.79 Å². The van der Waals surface area contributed by atoms with Crippen molar-refractivity contribution in [1.82, 2.24) is 5.32 Å². The van der Waals surface area contributed by atoms with Crippen LogP contribution in [0.4, 0.5) is 0 Å². The molecule has 0 bridgehead atoms. The van der Waals surface area contributed by atoms with E-state index in [0.29, 0.717) is 12.0 Å². The minimum atomic E-state index is -0.347. The van der Waals surface area contributed by atoms with Crippen LogP contribution in [0.25, 0.3) is 0 Å². The summed E-state index contributed by atoms with van der Waals surface area (Å²) in [6, 6.07) is 0. The van der Waals surface area contributed by atoms with Crippen molar-refractivity contribution >= 4 is 0 Å². The highest BCUT2D eigenvalue weighted by Crippen LogP contribution is 2.27. The lowest BCUT2D eigenvalue weighted by Crippen LogP contribution is -2.49. The zero-order valence-electron chi connectivity index (χ0n) is 7.09. The van der Waals surface area contributed by atoms with Crippen molar-refractivity contribution < 1.29 is 9.47 Å². The molecule has 0 spiro atoms. The Morgan fingerprint density at radius 1 is 1.36 bits per heavy atom. The Bertz CT molecular complexity index is 154. The van der Waals surface area contributed by atoms with Crippen molar-refractivity contribution in [1.29, 1.82) is 0 Å². The first-order valence-electron chi connectivity index (χ1n) is 4.20. The fraction of sp³-hybridized carbons (Fsp3) is 1.00. The van der Waals surface area contributed by atoms with Crippen LogP contribution < -0.4 is 5.32 Å². The van der Waals surface area contributed by atoms with Crippen molar-refractivity contribution in [3.8, 4) is 0 Å². The second kappa shape index (κ2) is 2.44. The van der Waals surface area contributed by atoms with E-state index in [0.717, 1.165) is 19.7 Å². The molecule has 0 aromatic rings. The van der Waals surface area contributed by atoms with Crippen LogP contribution in [0.1, 0.15) is 13.8 Å². The second-order valence-electron chi connectivity index (χ2n) is 3.79. The van der Waals surface area contributed by atoms with Gasteiger partial charge in [-0.1, -0.05) is 0 Å². The summed E-state index contributed by atoms with van der Waals surface area (Å²) in [6.45, 7) is 6.88. The fourth-order valence-electron chi connectivity index (χ4n) is 1.52. The van der Waals surface area contributed by atoms with Crippen LogP contribution in [0.15, 0.2) is 0 Å². The van der Waals surface area contributed by atoms with E-state index in [1.54, 1.807) is 0 Å². The van der Waals surface area contributed by atoms with E-state index < -0.39 is 0 Å². The molecule has 0 unspecified atom stereocenters. The molecule has 3 nitrogen and oxygen atoms in total. The molecule has 11 heavy (non-hydrogen) atoms. The zero-order chi connectivity index (χ0) is 7.90. The summed E-state index contributed by atoms with van der Waals surface area (Å²) < 4.78 is 11.2. The van der Waals surface area contributed by atoms with Crippen molar-refractivity contribution in [2.24, 2.45) is 5.92 Å². The Labute approximate surface area is 67.1 Å². The lowest BCUT2D eigenvalue weighted by Gasteiger charge is -2.31. The lowest BCUT2D eigenvalue weighted by molar-refractivity contribution is -0.146. The Morgan fingerprint density at radius 2 is 2.09 bits per heavy atom. The topological polar surface area (TPSA) is 30.5 Å². The molecule has 1 atom stereocenters. The van der Waals surface area contributed by atoms with Gasteiger partial charge in [-0.05, 0) is 13.8 Å². The summed E-state index contributed by atoms with van der Waals surface area (Å²) in [4.78, 5) is 0. The van der Waals surface area contributed by atoms with Crippen LogP contribution in [-0.4, -0.2) is 31.6 Å². The molecule has 2 saturated heterocycles. The monoisotopic (exact) mass is 157 g/mol. The average Bonchev–Trinajstić information content (AvgIpc) is 2.05. The molecule has 0 saturated carbocycles. The van der Waals surface area contributed by atoms with Gasteiger partial charge in [0.2, 0.25) is 0 Å². The number of hydrogen-bond donors (Lipinski definition) is 1. The Balaban J connectivity index is 1.88. The van der Waals surface area contributed by atoms with Crippen LogP contribution in [0.3, 0.4) is 0 Å². The Hall–Kier alpha value is -0.120. The molecule has 0 aromatic heterocycles. The maximum atomic E-state index is 5.69. The molecule has 0 amide bonds. The summed E-state index contributed by atoms with van der Waals surface area (Å²) in [5, 5.41) is 3.23. The maximum absolute atomic E-state index is 5.69. The highest BCUT2D eigenvalue weighted by atomic mass is 16.7. The summed E-state index contributed by atoms with van der Waals surface area (Å²) in [7, 11) is 0. The van der Waals surface area contributed by atoms with Crippen LogP contribution in [0.5, 0.6) is 0 Å². The molecule has 2 aliphatic rings. The fourth-order valence-corrected chi connectivity index (χ4v) is 1.52. The largest absolute Gasteiger partial charge is 0.348 e. The van der Waals surface area contributed by atoms with Gasteiger partial charge >= 0.3 is 0 Å². The molecule has 64 valence electrons. The van der Waals surface area contributed by atoms with Crippen LogP contribution in [0, 0.1) is 5.92 Å². The molecule has 1 N–H and O–H groups in total. The van der Waals surface area contributed by atoms with Gasteiger partial charge in [-0.15, -0.1) is 0 Å². The van der Waals surface area contributed by atoms with Gasteiger partial charge in [0.05, 0.1) is 12.7 Å². The standard InChI is InChI=1S/C8H15NO2/c1-8(2)10-5-7(11-8)6-3-9-4-6/h6-7,9H,3-5H2,1-2H3/t7-/m1/s1. The zero-order valence-corrected chi connectivity index (χ0v) is 7.09. The third-order valence-electron chi connectivity index (χ3n) is 2.37. The molecule has 0 aromatic carbocycles. The summed E-state index contributed by atoms with van der Waals surface area (Å²) in [5.74, 6) is 0.331. The Morgan fingerprint density at radius 3 is 2.45 bits per heavy atom. The number of rotatable bonds is 1. The summed E-state index contributed by atoms with van der Waals surface area (Å²) >= 11 is 0. The van der Waals surface area contributed by atoms with E-state index >= 15 is 0 Å². The van der Waals surface area contributed by atoms with Crippen LogP contribution in [0.2, 0.25) is 0 Å². The van der Waals surface area contributed by atoms with E-state index in [4.69, 9.17) is 9.47 Å². The molecule has 2 heterocycles. The third kappa shape index (κ3) is 1.41. The molecule has 2 fully saturated rings. The second-order valence-corrected chi connectivity index (χ2v) is 3.79. The molecular weight excluding hydrogens is 142 g/mol. The van der Waals surface area contributed by atoms with Crippen molar-refractivity contribution in [3.63, 3.8) is 0 Å². The molecule has 0 radical (unpaired) electrons. The highest BCUT2D eigenvalue weighted by Gasteiger charge is 2.39. The van der Waals surface area contributed by atoms with Crippen molar-refractivity contribution in [2.75, 3.05) is 19.7 Å². The van der Waals surface area contributed by atoms with Crippen molar-refractivity contribution in [2.45, 2.75) is 25.7 Å².